The molecule has 0 bridgehead atoms. The van der Waals surface area contributed by atoms with Gasteiger partial charge in [-0.3, -0.25) is 11.3 Å². The molecule has 20 heavy (non-hydrogen) atoms. The third kappa shape index (κ3) is 3.91. The lowest BCUT2D eigenvalue weighted by Crippen LogP contribution is -2.47. The molecule has 1 saturated heterocycles. The van der Waals surface area contributed by atoms with Gasteiger partial charge in [-0.1, -0.05) is 26.0 Å². The van der Waals surface area contributed by atoms with E-state index in [4.69, 9.17) is 5.84 Å². The fraction of sp³-hybridized carbons (Fsp3) is 0.571. The molecule has 1 aliphatic heterocycles. The van der Waals surface area contributed by atoms with Crippen molar-refractivity contribution in [1.82, 2.24) is 5.43 Å². The minimum absolute atomic E-state index is 0.153. The summed E-state index contributed by atoms with van der Waals surface area (Å²) in [5, 5.41) is 1.74. The lowest BCUT2D eigenvalue weighted by molar-refractivity contribution is 0.518. The van der Waals surface area contributed by atoms with Gasteiger partial charge in [-0.25, -0.2) is 4.39 Å². The Labute approximate surface area is 136 Å². The Kier molecular flexibility index (Phi) is 6.23. The molecule has 0 saturated carbocycles. The topological polar surface area (TPSA) is 38.0 Å². The number of rotatable bonds is 4. The zero-order chi connectivity index (χ0) is 14.7. The fourth-order valence-electron chi connectivity index (χ4n) is 2.26. The van der Waals surface area contributed by atoms with Crippen molar-refractivity contribution in [2.45, 2.75) is 42.1 Å². The molecule has 0 aromatic heterocycles. The maximum absolute atomic E-state index is 13.6. The van der Waals surface area contributed by atoms with E-state index in [0.29, 0.717) is 20.2 Å². The average molecular weight is 379 g/mol. The molecule has 1 aromatic carbocycles. The van der Waals surface area contributed by atoms with E-state index >= 15 is 0 Å². The number of thioether (sulfide) groups is 2. The van der Waals surface area contributed by atoms with Crippen molar-refractivity contribution in [3.8, 4) is 0 Å². The molecule has 0 amide bonds. The van der Waals surface area contributed by atoms with E-state index in [-0.39, 0.29) is 11.9 Å². The van der Waals surface area contributed by atoms with Crippen LogP contribution < -0.4 is 11.3 Å². The fourth-order valence-corrected chi connectivity index (χ4v) is 5.80. The number of nitrogens with one attached hydrogen (secondary N) is 1. The molecule has 1 aliphatic rings. The van der Waals surface area contributed by atoms with Crippen LogP contribution in [0.2, 0.25) is 0 Å². The Morgan fingerprint density at radius 1 is 1.45 bits per heavy atom. The molecule has 0 radical (unpaired) electrons. The molecule has 4 atom stereocenters. The van der Waals surface area contributed by atoms with Gasteiger partial charge in [0, 0.05) is 27.5 Å². The van der Waals surface area contributed by atoms with Crippen LogP contribution in [0.1, 0.15) is 19.4 Å². The summed E-state index contributed by atoms with van der Waals surface area (Å²) in [6.07, 6.45) is 0.730. The number of hydrogen-bond acceptors (Lipinski definition) is 4. The molecule has 4 unspecified atom stereocenters. The predicted octanol–water partition coefficient (Wildman–Crippen LogP) is 3.59. The Bertz CT molecular complexity index is 461. The lowest BCUT2D eigenvalue weighted by atomic mass is 10.0. The number of hydrazine groups is 1. The van der Waals surface area contributed by atoms with Crippen LogP contribution in [0.4, 0.5) is 4.39 Å². The van der Waals surface area contributed by atoms with Crippen molar-refractivity contribution in [3.63, 3.8) is 0 Å². The van der Waals surface area contributed by atoms with Crippen LogP contribution in [0.15, 0.2) is 22.7 Å². The summed E-state index contributed by atoms with van der Waals surface area (Å²) in [6.45, 7) is 4.53. The summed E-state index contributed by atoms with van der Waals surface area (Å²) in [4.78, 5) is 0. The molecule has 1 heterocycles. The van der Waals surface area contributed by atoms with Gasteiger partial charge in [-0.15, -0.1) is 0 Å². The van der Waals surface area contributed by atoms with Gasteiger partial charge in [0.2, 0.25) is 0 Å². The molecular formula is C14H20BrFN2S2. The summed E-state index contributed by atoms with van der Waals surface area (Å²) in [5.41, 5.74) is 3.89. The highest BCUT2D eigenvalue weighted by Gasteiger charge is 2.31. The second kappa shape index (κ2) is 7.49. The summed E-state index contributed by atoms with van der Waals surface area (Å²) < 4.78 is 14.1. The van der Waals surface area contributed by atoms with E-state index in [2.05, 4.69) is 35.2 Å². The van der Waals surface area contributed by atoms with Crippen LogP contribution in [0.25, 0.3) is 0 Å². The van der Waals surface area contributed by atoms with Crippen LogP contribution in [-0.2, 0) is 6.42 Å². The third-order valence-electron chi connectivity index (χ3n) is 3.71. The van der Waals surface area contributed by atoms with Crippen molar-refractivity contribution >= 4 is 39.5 Å². The van der Waals surface area contributed by atoms with E-state index < -0.39 is 0 Å². The third-order valence-corrected chi connectivity index (χ3v) is 8.15. The molecule has 1 aromatic rings. The monoisotopic (exact) mass is 378 g/mol. The van der Waals surface area contributed by atoms with Gasteiger partial charge in [0.05, 0.1) is 4.47 Å². The first kappa shape index (κ1) is 16.6. The molecule has 0 spiro atoms. The second-order valence-corrected chi connectivity index (χ2v) is 8.93. The maximum Gasteiger partial charge on any atom is 0.137 e. The van der Waals surface area contributed by atoms with Crippen molar-refractivity contribution in [2.75, 3.05) is 5.75 Å². The molecule has 3 N–H and O–H groups in total. The van der Waals surface area contributed by atoms with Crippen molar-refractivity contribution < 1.29 is 4.39 Å². The van der Waals surface area contributed by atoms with Crippen LogP contribution >= 0.6 is 39.5 Å². The molecule has 2 rings (SSSR count). The van der Waals surface area contributed by atoms with Crippen LogP contribution in [0, 0.1) is 5.82 Å². The van der Waals surface area contributed by atoms with Gasteiger partial charge in [0.1, 0.15) is 5.82 Å². The van der Waals surface area contributed by atoms with Crippen molar-refractivity contribution in [2.24, 2.45) is 5.84 Å². The van der Waals surface area contributed by atoms with Gasteiger partial charge in [0.15, 0.2) is 0 Å². The van der Waals surface area contributed by atoms with Gasteiger partial charge in [-0.05, 0) is 34.0 Å². The largest absolute Gasteiger partial charge is 0.271 e. The van der Waals surface area contributed by atoms with Crippen molar-refractivity contribution in [1.29, 1.82) is 0 Å². The Balaban J connectivity index is 2.07. The SMILES string of the molecule is CC1SCC(C(Cc2cccc(F)c2Br)NN)SC1C. The summed E-state index contributed by atoms with van der Waals surface area (Å²) in [7, 11) is 0. The summed E-state index contributed by atoms with van der Waals surface area (Å²) >= 11 is 7.31. The number of benzene rings is 1. The van der Waals surface area contributed by atoms with E-state index in [9.17, 15) is 4.39 Å². The zero-order valence-electron chi connectivity index (χ0n) is 11.6. The van der Waals surface area contributed by atoms with Crippen LogP contribution in [0.3, 0.4) is 0 Å². The molecule has 0 aliphatic carbocycles. The van der Waals surface area contributed by atoms with Gasteiger partial charge in [-0.2, -0.15) is 23.5 Å². The number of nitrogens with two attached hydrogens (primary N) is 1. The number of hydrogen-bond donors (Lipinski definition) is 2. The molecule has 6 heteroatoms. The summed E-state index contributed by atoms with van der Waals surface area (Å²) in [5.74, 6) is 6.60. The standard InChI is InChI=1S/C14H20BrFN2S2/c1-8-9(2)20-13(7-19-8)12(18-17)6-10-4-3-5-11(16)14(10)15/h3-5,8-9,12-13,18H,6-7,17H2,1-2H3. The second-order valence-electron chi connectivity index (χ2n) is 5.11. The van der Waals surface area contributed by atoms with E-state index in [1.165, 1.54) is 6.07 Å². The smallest absolute Gasteiger partial charge is 0.137 e. The Morgan fingerprint density at radius 3 is 2.85 bits per heavy atom. The first-order valence-corrected chi connectivity index (χ1v) is 9.47. The molecule has 1 fully saturated rings. The Hall–Kier alpha value is 0.250. The quantitative estimate of drug-likeness (QED) is 0.620. The van der Waals surface area contributed by atoms with Gasteiger partial charge >= 0.3 is 0 Å². The minimum atomic E-state index is -0.217. The van der Waals surface area contributed by atoms with E-state index in [0.717, 1.165) is 17.7 Å². The zero-order valence-corrected chi connectivity index (χ0v) is 14.8. The van der Waals surface area contributed by atoms with Crippen molar-refractivity contribution in [3.05, 3.63) is 34.1 Å². The normalized spacial score (nSPS) is 28.4. The molecule has 2 nitrogen and oxygen atoms in total. The highest BCUT2D eigenvalue weighted by molar-refractivity contribution is 9.10. The molecular weight excluding hydrogens is 359 g/mol. The van der Waals surface area contributed by atoms with E-state index in [1.807, 2.05) is 29.6 Å². The summed E-state index contributed by atoms with van der Waals surface area (Å²) in [6, 6.07) is 5.31. The number of halogens is 2. The van der Waals surface area contributed by atoms with E-state index in [1.54, 1.807) is 6.07 Å². The molecule has 112 valence electrons. The van der Waals surface area contributed by atoms with Crippen LogP contribution in [-0.4, -0.2) is 27.5 Å². The predicted molar refractivity (Wildman–Crippen MR) is 91.7 cm³/mol. The first-order chi connectivity index (χ1) is 9.52. The highest BCUT2D eigenvalue weighted by atomic mass is 79.9. The first-order valence-electron chi connectivity index (χ1n) is 6.69. The minimum Gasteiger partial charge on any atom is -0.271 e. The van der Waals surface area contributed by atoms with Gasteiger partial charge < -0.3 is 0 Å². The van der Waals surface area contributed by atoms with Crippen LogP contribution in [0.5, 0.6) is 0 Å². The highest BCUT2D eigenvalue weighted by Crippen LogP contribution is 2.37. The average Bonchev–Trinajstić information content (AvgIpc) is 2.44. The lowest BCUT2D eigenvalue weighted by Gasteiger charge is -2.35. The Morgan fingerprint density at radius 2 is 2.20 bits per heavy atom. The van der Waals surface area contributed by atoms with Gasteiger partial charge in [0.25, 0.3) is 0 Å². The maximum atomic E-state index is 13.6.